The van der Waals surface area contributed by atoms with Gasteiger partial charge in [-0.15, -0.1) is 11.3 Å². The van der Waals surface area contributed by atoms with Gasteiger partial charge in [0.2, 0.25) is 5.91 Å². The van der Waals surface area contributed by atoms with E-state index in [1.54, 1.807) is 17.0 Å². The predicted octanol–water partition coefficient (Wildman–Crippen LogP) is 4.58. The molecule has 0 aliphatic carbocycles. The number of carbonyl (C=O) groups excluding carboxylic acids is 1. The van der Waals surface area contributed by atoms with Gasteiger partial charge in [-0.2, -0.15) is 0 Å². The number of aromatic nitrogens is 1. The number of thiazole rings is 1. The number of hydrogen-bond acceptors (Lipinski definition) is 4. The van der Waals surface area contributed by atoms with Gasteiger partial charge < -0.3 is 0 Å². The molecule has 1 amide bonds. The Morgan fingerprint density at radius 2 is 1.79 bits per heavy atom. The standard InChI is InChI=1S/C22H22FN3OS/c23-19-10-8-18(9-11-19)20-16-28-22(24-20)26(14-17-6-2-1-3-7-17)21(27)15-25-12-4-5-13-25/h1-3,6-11,16H,4-5,12-15H2. The molecule has 4 nitrogen and oxygen atoms in total. The van der Waals surface area contributed by atoms with Crippen LogP contribution < -0.4 is 4.90 Å². The zero-order valence-corrected chi connectivity index (χ0v) is 16.4. The molecule has 6 heteroatoms. The summed E-state index contributed by atoms with van der Waals surface area (Å²) >= 11 is 1.44. The summed E-state index contributed by atoms with van der Waals surface area (Å²) in [5, 5.41) is 2.59. The summed E-state index contributed by atoms with van der Waals surface area (Å²) in [5.41, 5.74) is 2.67. The van der Waals surface area contributed by atoms with E-state index < -0.39 is 0 Å². The molecular formula is C22H22FN3OS. The third-order valence-electron chi connectivity index (χ3n) is 4.91. The van der Waals surface area contributed by atoms with Crippen molar-refractivity contribution in [2.45, 2.75) is 19.4 Å². The first kappa shape index (κ1) is 18.8. The van der Waals surface area contributed by atoms with Crippen molar-refractivity contribution in [1.82, 2.24) is 9.88 Å². The smallest absolute Gasteiger partial charge is 0.243 e. The van der Waals surface area contributed by atoms with Crippen LogP contribution in [0.25, 0.3) is 11.3 Å². The Kier molecular flexibility index (Phi) is 5.78. The van der Waals surface area contributed by atoms with E-state index in [9.17, 15) is 9.18 Å². The van der Waals surface area contributed by atoms with Crippen molar-refractivity contribution in [2.75, 3.05) is 24.5 Å². The van der Waals surface area contributed by atoms with Crippen LogP contribution >= 0.6 is 11.3 Å². The Morgan fingerprint density at radius 1 is 1.07 bits per heavy atom. The highest BCUT2D eigenvalue weighted by Gasteiger charge is 2.23. The van der Waals surface area contributed by atoms with Crippen LogP contribution in [-0.4, -0.2) is 35.4 Å². The summed E-state index contributed by atoms with van der Waals surface area (Å²) < 4.78 is 13.2. The summed E-state index contributed by atoms with van der Waals surface area (Å²) in [4.78, 5) is 21.8. The zero-order valence-electron chi connectivity index (χ0n) is 15.6. The van der Waals surface area contributed by atoms with E-state index in [0.717, 1.165) is 42.8 Å². The topological polar surface area (TPSA) is 36.4 Å². The van der Waals surface area contributed by atoms with Gasteiger partial charge in [-0.05, 0) is 55.8 Å². The quantitative estimate of drug-likeness (QED) is 0.613. The van der Waals surface area contributed by atoms with Gasteiger partial charge in [0.1, 0.15) is 5.82 Å². The Bertz CT molecular complexity index is 920. The third kappa shape index (κ3) is 4.46. The van der Waals surface area contributed by atoms with E-state index in [1.807, 2.05) is 35.7 Å². The monoisotopic (exact) mass is 395 g/mol. The van der Waals surface area contributed by atoms with Gasteiger partial charge in [0, 0.05) is 10.9 Å². The molecular weight excluding hydrogens is 373 g/mol. The van der Waals surface area contributed by atoms with Crippen molar-refractivity contribution in [3.63, 3.8) is 0 Å². The minimum atomic E-state index is -0.273. The molecule has 0 saturated carbocycles. The fourth-order valence-electron chi connectivity index (χ4n) is 3.39. The van der Waals surface area contributed by atoms with Crippen molar-refractivity contribution < 1.29 is 9.18 Å². The normalized spacial score (nSPS) is 14.3. The SMILES string of the molecule is O=C(CN1CCCC1)N(Cc1ccccc1)c1nc(-c2ccc(F)cc2)cs1. The summed E-state index contributed by atoms with van der Waals surface area (Å²) in [6.07, 6.45) is 2.30. The molecule has 2 heterocycles. The summed E-state index contributed by atoms with van der Waals surface area (Å²) in [5.74, 6) is -0.212. The minimum Gasteiger partial charge on any atom is -0.294 e. The molecule has 28 heavy (non-hydrogen) atoms. The third-order valence-corrected chi connectivity index (χ3v) is 5.77. The highest BCUT2D eigenvalue weighted by atomic mass is 32.1. The van der Waals surface area contributed by atoms with E-state index in [-0.39, 0.29) is 11.7 Å². The molecule has 2 aromatic carbocycles. The maximum absolute atomic E-state index is 13.2. The van der Waals surface area contributed by atoms with Gasteiger partial charge in [0.25, 0.3) is 0 Å². The predicted molar refractivity (Wildman–Crippen MR) is 111 cm³/mol. The molecule has 3 aromatic rings. The number of halogens is 1. The van der Waals surface area contributed by atoms with Crippen molar-refractivity contribution in [3.8, 4) is 11.3 Å². The Labute approximate surface area is 168 Å². The van der Waals surface area contributed by atoms with Gasteiger partial charge in [-0.3, -0.25) is 14.6 Å². The Balaban J connectivity index is 1.58. The van der Waals surface area contributed by atoms with E-state index >= 15 is 0 Å². The second-order valence-electron chi connectivity index (χ2n) is 6.97. The fraction of sp³-hybridized carbons (Fsp3) is 0.273. The number of likely N-dealkylation sites (tertiary alicyclic amines) is 1. The van der Waals surface area contributed by atoms with Crippen LogP contribution in [0.15, 0.2) is 60.0 Å². The number of benzene rings is 2. The summed E-state index contributed by atoms with van der Waals surface area (Å²) in [6, 6.07) is 16.2. The number of nitrogens with zero attached hydrogens (tertiary/aromatic N) is 3. The molecule has 0 unspecified atom stereocenters. The maximum atomic E-state index is 13.2. The number of rotatable bonds is 6. The lowest BCUT2D eigenvalue weighted by Gasteiger charge is -2.23. The molecule has 0 N–H and O–H groups in total. The highest BCUT2D eigenvalue weighted by Crippen LogP contribution is 2.29. The van der Waals surface area contributed by atoms with Crippen molar-refractivity contribution in [3.05, 3.63) is 71.4 Å². The fourth-order valence-corrected chi connectivity index (χ4v) is 4.24. The first-order valence-electron chi connectivity index (χ1n) is 9.47. The number of amides is 1. The van der Waals surface area contributed by atoms with Crippen LogP contribution in [0.5, 0.6) is 0 Å². The van der Waals surface area contributed by atoms with Gasteiger partial charge >= 0.3 is 0 Å². The van der Waals surface area contributed by atoms with Crippen LogP contribution in [0.1, 0.15) is 18.4 Å². The molecule has 1 fully saturated rings. The van der Waals surface area contributed by atoms with Crippen LogP contribution in [0.3, 0.4) is 0 Å². The lowest BCUT2D eigenvalue weighted by atomic mass is 10.2. The van der Waals surface area contributed by atoms with E-state index in [1.165, 1.54) is 23.5 Å². The van der Waals surface area contributed by atoms with Crippen molar-refractivity contribution in [1.29, 1.82) is 0 Å². The largest absolute Gasteiger partial charge is 0.294 e. The molecule has 1 aromatic heterocycles. The lowest BCUT2D eigenvalue weighted by molar-refractivity contribution is -0.119. The van der Waals surface area contributed by atoms with Gasteiger partial charge in [0.15, 0.2) is 5.13 Å². The Morgan fingerprint density at radius 3 is 2.50 bits per heavy atom. The Hall–Kier alpha value is -2.57. The molecule has 0 atom stereocenters. The molecule has 1 saturated heterocycles. The van der Waals surface area contributed by atoms with Crippen molar-refractivity contribution in [2.24, 2.45) is 0 Å². The highest BCUT2D eigenvalue weighted by molar-refractivity contribution is 7.14. The summed E-state index contributed by atoms with van der Waals surface area (Å²) in [7, 11) is 0. The zero-order chi connectivity index (χ0) is 19.3. The molecule has 0 spiro atoms. The van der Waals surface area contributed by atoms with Gasteiger partial charge in [-0.1, -0.05) is 30.3 Å². The van der Waals surface area contributed by atoms with E-state index in [2.05, 4.69) is 9.88 Å². The second-order valence-corrected chi connectivity index (χ2v) is 7.81. The molecule has 144 valence electrons. The maximum Gasteiger partial charge on any atom is 0.243 e. The van der Waals surface area contributed by atoms with Gasteiger partial charge in [-0.25, -0.2) is 9.37 Å². The lowest BCUT2D eigenvalue weighted by Crippen LogP contribution is -2.39. The van der Waals surface area contributed by atoms with Crippen molar-refractivity contribution >= 4 is 22.4 Å². The first-order chi connectivity index (χ1) is 13.7. The average molecular weight is 396 g/mol. The minimum absolute atomic E-state index is 0.0609. The molecule has 0 radical (unpaired) electrons. The molecule has 1 aliphatic heterocycles. The molecule has 0 bridgehead atoms. The van der Waals surface area contributed by atoms with Gasteiger partial charge in [0.05, 0.1) is 18.8 Å². The summed E-state index contributed by atoms with van der Waals surface area (Å²) in [6.45, 7) is 2.86. The second kappa shape index (κ2) is 8.63. The van der Waals surface area contributed by atoms with Crippen LogP contribution in [0, 0.1) is 5.82 Å². The van der Waals surface area contributed by atoms with E-state index in [4.69, 9.17) is 0 Å². The molecule has 1 aliphatic rings. The molecule has 4 rings (SSSR count). The number of anilines is 1. The first-order valence-corrected chi connectivity index (χ1v) is 10.3. The van der Waals surface area contributed by atoms with Crippen LogP contribution in [0.2, 0.25) is 0 Å². The number of hydrogen-bond donors (Lipinski definition) is 0. The average Bonchev–Trinajstić information content (AvgIpc) is 3.40. The van der Waals surface area contributed by atoms with Crippen LogP contribution in [0.4, 0.5) is 9.52 Å². The number of carbonyl (C=O) groups is 1. The van der Waals surface area contributed by atoms with Crippen LogP contribution in [-0.2, 0) is 11.3 Å². The van der Waals surface area contributed by atoms with E-state index in [0.29, 0.717) is 18.2 Å².